The van der Waals surface area contributed by atoms with E-state index in [2.05, 4.69) is 9.88 Å². The molecule has 1 fully saturated rings. The number of nitrogens with zero attached hydrogens (tertiary/aromatic N) is 3. The van der Waals surface area contributed by atoms with Crippen molar-refractivity contribution in [2.24, 2.45) is 0 Å². The number of aliphatic hydroxyl groups is 1. The van der Waals surface area contributed by atoms with E-state index in [0.29, 0.717) is 49.9 Å². The smallest absolute Gasteiger partial charge is 0.248 e. The third kappa shape index (κ3) is 3.75. The Labute approximate surface area is 133 Å². The van der Waals surface area contributed by atoms with Crippen molar-refractivity contribution in [1.29, 1.82) is 0 Å². The Balaban J connectivity index is 1.59. The average Bonchev–Trinajstić information content (AvgIpc) is 3.03. The zero-order valence-electron chi connectivity index (χ0n) is 12.6. The van der Waals surface area contributed by atoms with Gasteiger partial charge in [0, 0.05) is 31.7 Å². The molecule has 0 radical (unpaired) electrons. The fraction of sp³-hybridized carbons (Fsp3) is 0.375. The Morgan fingerprint density at radius 1 is 1.30 bits per heavy atom. The number of hydrogen-bond acceptors (Lipinski definition) is 5. The number of aromatic nitrogens is 1. The summed E-state index contributed by atoms with van der Waals surface area (Å²) in [5.41, 5.74) is 0.655. The quantitative estimate of drug-likeness (QED) is 0.914. The number of rotatable bonds is 4. The van der Waals surface area contributed by atoms with Gasteiger partial charge in [-0.3, -0.25) is 9.69 Å². The highest BCUT2D eigenvalue weighted by atomic mass is 19.1. The third-order valence-electron chi connectivity index (χ3n) is 3.88. The molecule has 0 saturated carbocycles. The maximum absolute atomic E-state index is 13.2. The van der Waals surface area contributed by atoms with Gasteiger partial charge in [0.2, 0.25) is 11.8 Å². The highest BCUT2D eigenvalue weighted by Gasteiger charge is 2.21. The molecule has 0 atom stereocenters. The lowest BCUT2D eigenvalue weighted by Gasteiger charge is -2.33. The van der Waals surface area contributed by atoms with Crippen LogP contribution in [-0.4, -0.2) is 58.6 Å². The van der Waals surface area contributed by atoms with E-state index in [-0.39, 0.29) is 11.7 Å². The fourth-order valence-electron chi connectivity index (χ4n) is 2.61. The Hall–Kier alpha value is -2.25. The molecule has 1 saturated heterocycles. The maximum atomic E-state index is 13.2. The molecule has 1 aromatic heterocycles. The number of carbonyl (C=O) groups is 1. The number of hydrogen-bond donors (Lipinski definition) is 1. The summed E-state index contributed by atoms with van der Waals surface area (Å²) in [4.78, 5) is 19.4. The van der Waals surface area contributed by atoms with Gasteiger partial charge in [0.25, 0.3) is 0 Å². The minimum atomic E-state index is -0.448. The van der Waals surface area contributed by atoms with Crippen molar-refractivity contribution >= 4 is 5.91 Å². The second kappa shape index (κ2) is 6.89. The van der Waals surface area contributed by atoms with E-state index in [9.17, 15) is 9.18 Å². The summed E-state index contributed by atoms with van der Waals surface area (Å²) in [5.74, 6) is 0.541. The molecule has 0 bridgehead atoms. The molecule has 7 heteroatoms. The minimum absolute atomic E-state index is 0.242. The Morgan fingerprint density at radius 3 is 2.78 bits per heavy atom. The maximum Gasteiger partial charge on any atom is 0.248 e. The van der Waals surface area contributed by atoms with Crippen LogP contribution < -0.4 is 0 Å². The first kappa shape index (κ1) is 15.6. The molecule has 1 N–H and O–H groups in total. The summed E-state index contributed by atoms with van der Waals surface area (Å²) >= 11 is 0. The van der Waals surface area contributed by atoms with Gasteiger partial charge >= 0.3 is 0 Å². The number of aliphatic hydroxyl groups excluding tert-OH is 1. The van der Waals surface area contributed by atoms with Crippen LogP contribution in [0.15, 0.2) is 34.9 Å². The monoisotopic (exact) mass is 319 g/mol. The lowest BCUT2D eigenvalue weighted by atomic mass is 10.2. The van der Waals surface area contributed by atoms with Crippen LogP contribution >= 0.6 is 0 Å². The number of piperazine rings is 1. The molecule has 122 valence electrons. The fourth-order valence-corrected chi connectivity index (χ4v) is 2.61. The van der Waals surface area contributed by atoms with Crippen molar-refractivity contribution in [3.63, 3.8) is 0 Å². The van der Waals surface area contributed by atoms with Crippen LogP contribution in [0.25, 0.3) is 11.3 Å². The Kier molecular flexibility index (Phi) is 4.68. The predicted octanol–water partition coefficient (Wildman–Crippen LogP) is 1.12. The SMILES string of the molecule is O=C(CO)N1CCN(Cc2ncc(-c3cccc(F)c3)o2)CC1. The lowest BCUT2D eigenvalue weighted by Crippen LogP contribution is -2.49. The highest BCUT2D eigenvalue weighted by molar-refractivity contribution is 5.77. The van der Waals surface area contributed by atoms with Gasteiger partial charge in [-0.25, -0.2) is 9.37 Å². The van der Waals surface area contributed by atoms with E-state index in [1.165, 1.54) is 12.1 Å². The molecule has 0 aliphatic carbocycles. The van der Waals surface area contributed by atoms with Gasteiger partial charge in [-0.1, -0.05) is 12.1 Å². The second-order valence-corrected chi connectivity index (χ2v) is 5.44. The van der Waals surface area contributed by atoms with Gasteiger partial charge in [-0.05, 0) is 12.1 Å². The first-order chi connectivity index (χ1) is 11.2. The molecule has 3 rings (SSSR count). The van der Waals surface area contributed by atoms with Gasteiger partial charge in [-0.15, -0.1) is 0 Å². The van der Waals surface area contributed by atoms with E-state index in [4.69, 9.17) is 9.52 Å². The van der Waals surface area contributed by atoms with Crippen molar-refractivity contribution in [3.8, 4) is 11.3 Å². The third-order valence-corrected chi connectivity index (χ3v) is 3.88. The lowest BCUT2D eigenvalue weighted by molar-refractivity contribution is -0.136. The van der Waals surface area contributed by atoms with Crippen LogP contribution in [0.5, 0.6) is 0 Å². The Bertz CT molecular complexity index is 681. The van der Waals surface area contributed by atoms with Gasteiger partial charge in [0.05, 0.1) is 12.7 Å². The molecule has 6 nitrogen and oxygen atoms in total. The minimum Gasteiger partial charge on any atom is -0.439 e. The average molecular weight is 319 g/mol. The van der Waals surface area contributed by atoms with Gasteiger partial charge in [0.15, 0.2) is 5.76 Å². The first-order valence-corrected chi connectivity index (χ1v) is 7.47. The number of oxazole rings is 1. The zero-order chi connectivity index (χ0) is 16.2. The zero-order valence-corrected chi connectivity index (χ0v) is 12.6. The number of benzene rings is 1. The molecule has 1 aliphatic heterocycles. The largest absolute Gasteiger partial charge is 0.439 e. The van der Waals surface area contributed by atoms with Crippen molar-refractivity contribution < 1.29 is 18.7 Å². The van der Waals surface area contributed by atoms with Gasteiger partial charge < -0.3 is 14.4 Å². The van der Waals surface area contributed by atoms with E-state index in [1.54, 1.807) is 23.2 Å². The van der Waals surface area contributed by atoms with Crippen LogP contribution in [0.1, 0.15) is 5.89 Å². The summed E-state index contributed by atoms with van der Waals surface area (Å²) in [7, 11) is 0. The van der Waals surface area contributed by atoms with Crippen LogP contribution in [-0.2, 0) is 11.3 Å². The van der Waals surface area contributed by atoms with E-state index < -0.39 is 6.61 Å². The first-order valence-electron chi connectivity index (χ1n) is 7.47. The molecular weight excluding hydrogens is 301 g/mol. The summed E-state index contributed by atoms with van der Waals surface area (Å²) in [6.45, 7) is 2.65. The van der Waals surface area contributed by atoms with Crippen molar-refractivity contribution in [2.75, 3.05) is 32.8 Å². The number of amides is 1. The summed E-state index contributed by atoms with van der Waals surface area (Å²) in [6.07, 6.45) is 1.59. The van der Waals surface area contributed by atoms with E-state index >= 15 is 0 Å². The molecular formula is C16H18FN3O3. The van der Waals surface area contributed by atoms with Crippen molar-refractivity contribution in [3.05, 3.63) is 42.2 Å². The summed E-state index contributed by atoms with van der Waals surface area (Å²) in [5, 5.41) is 8.86. The molecule has 1 aliphatic rings. The molecule has 1 aromatic carbocycles. The van der Waals surface area contributed by atoms with Crippen molar-refractivity contribution in [1.82, 2.24) is 14.8 Å². The van der Waals surface area contributed by atoms with Crippen LogP contribution in [0.2, 0.25) is 0 Å². The highest BCUT2D eigenvalue weighted by Crippen LogP contribution is 2.21. The van der Waals surface area contributed by atoms with Gasteiger partial charge in [0.1, 0.15) is 12.4 Å². The van der Waals surface area contributed by atoms with E-state index in [1.807, 2.05) is 0 Å². The Morgan fingerprint density at radius 2 is 2.09 bits per heavy atom. The van der Waals surface area contributed by atoms with Crippen LogP contribution in [0, 0.1) is 5.82 Å². The topological polar surface area (TPSA) is 69.8 Å². The molecule has 0 spiro atoms. The summed E-state index contributed by atoms with van der Waals surface area (Å²) in [6, 6.07) is 6.19. The molecule has 0 unspecified atom stereocenters. The van der Waals surface area contributed by atoms with Crippen LogP contribution in [0.3, 0.4) is 0 Å². The molecule has 23 heavy (non-hydrogen) atoms. The normalized spacial score (nSPS) is 15.8. The molecule has 1 amide bonds. The molecule has 2 aromatic rings. The van der Waals surface area contributed by atoms with E-state index in [0.717, 1.165) is 0 Å². The molecule has 2 heterocycles. The van der Waals surface area contributed by atoms with Crippen molar-refractivity contribution in [2.45, 2.75) is 6.54 Å². The summed E-state index contributed by atoms with van der Waals surface area (Å²) < 4.78 is 18.9. The standard InChI is InChI=1S/C16H18FN3O3/c17-13-3-1-2-12(8-13)14-9-18-15(23-14)10-19-4-6-20(7-5-19)16(22)11-21/h1-3,8-9,21H,4-7,10-11H2. The van der Waals surface area contributed by atoms with Gasteiger partial charge in [-0.2, -0.15) is 0 Å². The predicted molar refractivity (Wildman–Crippen MR) is 80.8 cm³/mol. The number of halogens is 1. The second-order valence-electron chi connectivity index (χ2n) is 5.44. The number of carbonyl (C=O) groups excluding carboxylic acids is 1. The van der Waals surface area contributed by atoms with Crippen LogP contribution in [0.4, 0.5) is 4.39 Å².